The SMILES string of the molecule is CCOC(=O)Cn1ccc2c(-c3cc(-c4nn(CC)c5c4CCC(C)(C)C5)[nH]n3)cccc21. The van der Waals surface area contributed by atoms with Gasteiger partial charge in [-0.05, 0) is 56.7 Å². The summed E-state index contributed by atoms with van der Waals surface area (Å²) in [5.41, 5.74) is 7.89. The van der Waals surface area contributed by atoms with Crippen molar-refractivity contribution in [3.63, 3.8) is 0 Å². The highest BCUT2D eigenvalue weighted by Crippen LogP contribution is 2.39. The number of ether oxygens (including phenoxy) is 1. The van der Waals surface area contributed by atoms with Gasteiger partial charge in [-0.15, -0.1) is 0 Å². The predicted octanol–water partition coefficient (Wildman–Crippen LogP) is 4.99. The van der Waals surface area contributed by atoms with E-state index < -0.39 is 0 Å². The zero-order chi connectivity index (χ0) is 23.2. The standard InChI is InChI=1S/C26H31N5O2/c1-5-31-23-15-26(3,4)12-10-19(23)25(29-31)21-14-20(27-28-21)17-8-7-9-22-18(17)11-13-30(22)16-24(32)33-6-2/h7-9,11,13-14H,5-6,10,12,15-16H2,1-4H3,(H,27,28). The minimum atomic E-state index is -0.234. The van der Waals surface area contributed by atoms with Gasteiger partial charge in [0.25, 0.3) is 0 Å². The number of rotatable bonds is 6. The van der Waals surface area contributed by atoms with Gasteiger partial charge in [0.05, 0.1) is 18.0 Å². The molecule has 0 fully saturated rings. The van der Waals surface area contributed by atoms with Gasteiger partial charge in [0.15, 0.2) is 0 Å². The van der Waals surface area contributed by atoms with Crippen LogP contribution in [-0.4, -0.2) is 37.1 Å². The number of esters is 1. The average molecular weight is 446 g/mol. The molecule has 0 saturated carbocycles. The topological polar surface area (TPSA) is 77.7 Å². The quantitative estimate of drug-likeness (QED) is 0.424. The normalized spacial score (nSPS) is 15.0. The number of hydrogen-bond donors (Lipinski definition) is 1. The zero-order valence-electron chi connectivity index (χ0n) is 19.8. The van der Waals surface area contributed by atoms with Crippen LogP contribution in [0.1, 0.15) is 45.4 Å². The first-order valence-electron chi connectivity index (χ1n) is 11.8. The molecule has 0 unspecified atom stereocenters. The van der Waals surface area contributed by atoms with Crippen LogP contribution in [0.5, 0.6) is 0 Å². The van der Waals surface area contributed by atoms with E-state index in [1.165, 1.54) is 11.3 Å². The second-order valence-electron chi connectivity index (χ2n) is 9.58. The van der Waals surface area contributed by atoms with E-state index in [0.29, 0.717) is 12.0 Å². The summed E-state index contributed by atoms with van der Waals surface area (Å²) in [6.45, 7) is 10.1. The van der Waals surface area contributed by atoms with E-state index >= 15 is 0 Å². The minimum absolute atomic E-state index is 0.198. The average Bonchev–Trinajstić information content (AvgIpc) is 3.50. The molecule has 0 bridgehead atoms. The first-order valence-corrected chi connectivity index (χ1v) is 11.8. The number of benzene rings is 1. The molecule has 3 aromatic heterocycles. The van der Waals surface area contributed by atoms with E-state index in [2.05, 4.69) is 47.8 Å². The number of aromatic nitrogens is 5. The van der Waals surface area contributed by atoms with Crippen molar-refractivity contribution in [3.8, 4) is 22.6 Å². The molecule has 5 rings (SSSR count). The summed E-state index contributed by atoms with van der Waals surface area (Å²) in [5, 5.41) is 13.9. The maximum atomic E-state index is 12.0. The number of aromatic amines is 1. The van der Waals surface area contributed by atoms with Gasteiger partial charge in [0, 0.05) is 40.5 Å². The highest BCUT2D eigenvalue weighted by Gasteiger charge is 2.31. The molecule has 1 N–H and O–H groups in total. The van der Waals surface area contributed by atoms with Gasteiger partial charge in [-0.2, -0.15) is 10.2 Å². The van der Waals surface area contributed by atoms with E-state index in [-0.39, 0.29) is 12.5 Å². The fourth-order valence-corrected chi connectivity index (χ4v) is 4.99. The summed E-state index contributed by atoms with van der Waals surface area (Å²) in [6.07, 6.45) is 5.19. The molecule has 0 atom stereocenters. The lowest BCUT2D eigenvalue weighted by Gasteiger charge is -2.30. The summed E-state index contributed by atoms with van der Waals surface area (Å²) in [5.74, 6) is -0.234. The number of fused-ring (bicyclic) bond motifs is 2. The molecule has 0 radical (unpaired) electrons. The van der Waals surface area contributed by atoms with Crippen molar-refractivity contribution in [2.75, 3.05) is 6.61 Å². The molecule has 0 aliphatic heterocycles. The van der Waals surface area contributed by atoms with Crippen molar-refractivity contribution in [1.82, 2.24) is 24.5 Å². The van der Waals surface area contributed by atoms with Gasteiger partial charge in [0.2, 0.25) is 0 Å². The van der Waals surface area contributed by atoms with Crippen molar-refractivity contribution >= 4 is 16.9 Å². The van der Waals surface area contributed by atoms with Crippen molar-refractivity contribution in [2.24, 2.45) is 5.41 Å². The number of hydrogen-bond acceptors (Lipinski definition) is 4. The molecule has 172 valence electrons. The van der Waals surface area contributed by atoms with E-state index in [0.717, 1.165) is 59.4 Å². The lowest BCUT2D eigenvalue weighted by molar-refractivity contribution is -0.143. The molecule has 7 nitrogen and oxygen atoms in total. The molecular formula is C26H31N5O2. The van der Waals surface area contributed by atoms with Gasteiger partial charge in [-0.1, -0.05) is 26.0 Å². The van der Waals surface area contributed by atoms with Crippen LogP contribution in [0.4, 0.5) is 0 Å². The van der Waals surface area contributed by atoms with Gasteiger partial charge in [-0.3, -0.25) is 14.6 Å². The fourth-order valence-electron chi connectivity index (χ4n) is 4.99. The number of nitrogens with one attached hydrogen (secondary N) is 1. The lowest BCUT2D eigenvalue weighted by Crippen LogP contribution is -2.24. The molecule has 4 aromatic rings. The molecule has 0 amide bonds. The maximum Gasteiger partial charge on any atom is 0.325 e. The third-order valence-corrected chi connectivity index (χ3v) is 6.69. The van der Waals surface area contributed by atoms with Crippen LogP contribution in [0.2, 0.25) is 0 Å². The number of H-pyrrole nitrogens is 1. The van der Waals surface area contributed by atoms with E-state index in [9.17, 15) is 4.79 Å². The van der Waals surface area contributed by atoms with Gasteiger partial charge in [0.1, 0.15) is 12.2 Å². The van der Waals surface area contributed by atoms with Crippen molar-refractivity contribution in [3.05, 3.63) is 47.8 Å². The molecular weight excluding hydrogens is 414 g/mol. The largest absolute Gasteiger partial charge is 0.465 e. The van der Waals surface area contributed by atoms with Crippen molar-refractivity contribution < 1.29 is 9.53 Å². The summed E-state index contributed by atoms with van der Waals surface area (Å²) in [7, 11) is 0. The summed E-state index contributed by atoms with van der Waals surface area (Å²) in [4.78, 5) is 12.0. The molecule has 1 aliphatic carbocycles. The van der Waals surface area contributed by atoms with Gasteiger partial charge in [-0.25, -0.2) is 0 Å². The Morgan fingerprint density at radius 2 is 2.09 bits per heavy atom. The number of carbonyl (C=O) groups is 1. The Labute approximate surface area is 193 Å². The molecule has 3 heterocycles. The Morgan fingerprint density at radius 3 is 2.88 bits per heavy atom. The van der Waals surface area contributed by atoms with Crippen LogP contribution < -0.4 is 0 Å². The molecule has 7 heteroatoms. The predicted molar refractivity (Wildman–Crippen MR) is 129 cm³/mol. The van der Waals surface area contributed by atoms with Crippen LogP contribution >= 0.6 is 0 Å². The van der Waals surface area contributed by atoms with Gasteiger partial charge < -0.3 is 9.30 Å². The number of carbonyl (C=O) groups excluding carboxylic acids is 1. The molecule has 1 aromatic carbocycles. The Bertz CT molecular complexity index is 1320. The Kier molecular flexibility index (Phi) is 5.35. The summed E-state index contributed by atoms with van der Waals surface area (Å²) in [6, 6.07) is 10.2. The van der Waals surface area contributed by atoms with Gasteiger partial charge >= 0.3 is 5.97 Å². The third kappa shape index (κ3) is 3.86. The second kappa shape index (κ2) is 8.21. The van der Waals surface area contributed by atoms with Crippen LogP contribution in [-0.2, 0) is 35.5 Å². The highest BCUT2D eigenvalue weighted by atomic mass is 16.5. The monoisotopic (exact) mass is 445 g/mol. The molecule has 33 heavy (non-hydrogen) atoms. The highest BCUT2D eigenvalue weighted by molar-refractivity contribution is 5.95. The number of nitrogens with zero attached hydrogens (tertiary/aromatic N) is 4. The Hall–Kier alpha value is -3.35. The van der Waals surface area contributed by atoms with Crippen molar-refractivity contribution in [2.45, 2.75) is 60.0 Å². The van der Waals surface area contributed by atoms with Crippen LogP contribution in [0.15, 0.2) is 36.5 Å². The smallest absolute Gasteiger partial charge is 0.325 e. The number of aryl methyl sites for hydroxylation is 1. The Morgan fingerprint density at radius 1 is 1.24 bits per heavy atom. The fraction of sp³-hybridized carbons (Fsp3) is 0.423. The second-order valence-corrected chi connectivity index (χ2v) is 9.58. The zero-order valence-corrected chi connectivity index (χ0v) is 19.8. The summed E-state index contributed by atoms with van der Waals surface area (Å²) < 4.78 is 9.19. The van der Waals surface area contributed by atoms with Crippen LogP contribution in [0.3, 0.4) is 0 Å². The summed E-state index contributed by atoms with van der Waals surface area (Å²) >= 11 is 0. The minimum Gasteiger partial charge on any atom is -0.465 e. The third-order valence-electron chi connectivity index (χ3n) is 6.69. The molecule has 0 spiro atoms. The Balaban J connectivity index is 1.51. The first kappa shape index (κ1) is 21.5. The lowest BCUT2D eigenvalue weighted by atomic mass is 9.76. The van der Waals surface area contributed by atoms with Crippen LogP contribution in [0.25, 0.3) is 33.5 Å². The van der Waals surface area contributed by atoms with E-state index in [4.69, 9.17) is 9.84 Å². The van der Waals surface area contributed by atoms with Crippen LogP contribution in [0, 0.1) is 5.41 Å². The molecule has 1 aliphatic rings. The maximum absolute atomic E-state index is 12.0. The van der Waals surface area contributed by atoms with E-state index in [1.807, 2.05) is 35.9 Å². The van der Waals surface area contributed by atoms with Crippen molar-refractivity contribution in [1.29, 1.82) is 0 Å². The molecule has 0 saturated heterocycles. The first-order chi connectivity index (χ1) is 15.9. The van der Waals surface area contributed by atoms with E-state index in [1.54, 1.807) is 0 Å².